The quantitative estimate of drug-likeness (QED) is 0.759. The second-order valence-corrected chi connectivity index (χ2v) is 7.55. The fourth-order valence-corrected chi connectivity index (χ4v) is 4.68. The number of carbonyl (C=O) groups is 1. The molecule has 0 spiro atoms. The van der Waals surface area contributed by atoms with Crippen molar-refractivity contribution >= 4 is 11.7 Å². The van der Waals surface area contributed by atoms with Crippen molar-refractivity contribution in [1.82, 2.24) is 0 Å². The van der Waals surface area contributed by atoms with Gasteiger partial charge in [-0.3, -0.25) is 0 Å². The van der Waals surface area contributed by atoms with E-state index in [4.69, 9.17) is 5.11 Å². The Hall–Kier alpha value is -2.29. The Morgan fingerprint density at radius 2 is 1.80 bits per heavy atom. The Balaban J connectivity index is 1.74. The number of carboxylic acids is 1. The molecule has 130 valence electrons. The number of nitrogens with one attached hydrogen (secondary N) is 1. The average Bonchev–Trinajstić information content (AvgIpc) is 2.87. The van der Waals surface area contributed by atoms with Crippen LogP contribution in [0.3, 0.4) is 0 Å². The number of benzene rings is 2. The van der Waals surface area contributed by atoms with Gasteiger partial charge in [-0.15, -0.1) is 0 Å². The summed E-state index contributed by atoms with van der Waals surface area (Å²) in [7, 11) is 0. The lowest BCUT2D eigenvalue weighted by Gasteiger charge is -2.41. The first-order chi connectivity index (χ1) is 12.1. The van der Waals surface area contributed by atoms with Crippen LogP contribution in [0.2, 0.25) is 0 Å². The summed E-state index contributed by atoms with van der Waals surface area (Å²) in [5.74, 6) is 0.312. The summed E-state index contributed by atoms with van der Waals surface area (Å²) in [5, 5.41) is 12.9. The number of hydrogen-bond acceptors (Lipinski definition) is 2. The molecule has 0 saturated heterocycles. The van der Waals surface area contributed by atoms with E-state index in [0.29, 0.717) is 17.4 Å². The number of rotatable bonds is 2. The van der Waals surface area contributed by atoms with E-state index in [2.05, 4.69) is 30.4 Å². The van der Waals surface area contributed by atoms with E-state index in [1.54, 1.807) is 12.1 Å². The van der Waals surface area contributed by atoms with Gasteiger partial charge in [0.2, 0.25) is 0 Å². The Morgan fingerprint density at radius 3 is 2.56 bits per heavy atom. The van der Waals surface area contributed by atoms with Crippen molar-refractivity contribution in [2.45, 2.75) is 51.0 Å². The molecule has 1 aliphatic heterocycles. The van der Waals surface area contributed by atoms with Gasteiger partial charge in [-0.05, 0) is 60.9 Å². The fraction of sp³-hybridized carbons (Fsp3) is 0.409. The largest absolute Gasteiger partial charge is 0.478 e. The van der Waals surface area contributed by atoms with Crippen molar-refractivity contribution in [2.24, 2.45) is 5.92 Å². The molecule has 3 atom stereocenters. The molecule has 2 N–H and O–H groups in total. The summed E-state index contributed by atoms with van der Waals surface area (Å²) in [4.78, 5) is 11.1. The first kappa shape index (κ1) is 16.2. The molecule has 0 bridgehead atoms. The van der Waals surface area contributed by atoms with Crippen molar-refractivity contribution in [3.8, 4) is 0 Å². The van der Waals surface area contributed by atoms with Crippen LogP contribution in [-0.2, 0) is 0 Å². The maximum atomic E-state index is 11.1. The molecule has 1 aliphatic carbocycles. The number of anilines is 1. The van der Waals surface area contributed by atoms with Crippen molar-refractivity contribution in [3.05, 3.63) is 64.7 Å². The van der Waals surface area contributed by atoms with Gasteiger partial charge in [0.15, 0.2) is 0 Å². The molecule has 4 rings (SSSR count). The van der Waals surface area contributed by atoms with Crippen LogP contribution >= 0.6 is 0 Å². The fourth-order valence-electron chi connectivity index (χ4n) is 4.68. The van der Waals surface area contributed by atoms with E-state index in [9.17, 15) is 4.79 Å². The lowest BCUT2D eigenvalue weighted by Crippen LogP contribution is -2.31. The third-order valence-electron chi connectivity index (χ3n) is 5.93. The van der Waals surface area contributed by atoms with Crippen molar-refractivity contribution in [1.29, 1.82) is 0 Å². The summed E-state index contributed by atoms with van der Waals surface area (Å²) in [6, 6.07) is 14.4. The molecule has 1 heterocycles. The molecule has 2 aliphatic rings. The van der Waals surface area contributed by atoms with Crippen LogP contribution in [0.15, 0.2) is 42.5 Å². The number of fused-ring (bicyclic) bond motifs is 3. The molecule has 1 fully saturated rings. The minimum atomic E-state index is -0.865. The number of aryl methyl sites for hydroxylation is 1. The van der Waals surface area contributed by atoms with Crippen LogP contribution in [0.25, 0.3) is 0 Å². The number of hydrogen-bond donors (Lipinski definition) is 2. The maximum absolute atomic E-state index is 11.1. The highest BCUT2D eigenvalue weighted by atomic mass is 16.4. The molecule has 2 aromatic carbocycles. The molecular formula is C22H25NO2. The SMILES string of the molecule is Cc1ccc2c(c1)[C@@H]1CCCCC[C@@H]1[C@@H](c1ccc(C(=O)O)cc1)N2. The molecule has 3 heteroatoms. The maximum Gasteiger partial charge on any atom is 0.335 e. The molecule has 2 aromatic rings. The first-order valence-electron chi connectivity index (χ1n) is 9.34. The summed E-state index contributed by atoms with van der Waals surface area (Å²) < 4.78 is 0. The minimum absolute atomic E-state index is 0.265. The van der Waals surface area contributed by atoms with Gasteiger partial charge in [-0.1, -0.05) is 49.1 Å². The highest BCUT2D eigenvalue weighted by molar-refractivity contribution is 5.87. The van der Waals surface area contributed by atoms with Crippen LogP contribution < -0.4 is 5.32 Å². The molecule has 0 radical (unpaired) electrons. The zero-order valence-electron chi connectivity index (χ0n) is 14.7. The summed E-state index contributed by atoms with van der Waals surface area (Å²) >= 11 is 0. The molecule has 25 heavy (non-hydrogen) atoms. The zero-order chi connectivity index (χ0) is 17.4. The minimum Gasteiger partial charge on any atom is -0.478 e. The zero-order valence-corrected chi connectivity index (χ0v) is 14.7. The number of carboxylic acid groups (broad SMARTS) is 1. The second kappa shape index (κ2) is 6.55. The lowest BCUT2D eigenvalue weighted by atomic mass is 9.72. The van der Waals surface area contributed by atoms with Crippen LogP contribution in [0.1, 0.15) is 71.1 Å². The van der Waals surface area contributed by atoms with Gasteiger partial charge in [0.1, 0.15) is 0 Å². The van der Waals surface area contributed by atoms with Gasteiger partial charge in [-0.25, -0.2) is 4.79 Å². The van der Waals surface area contributed by atoms with E-state index >= 15 is 0 Å². The third kappa shape index (κ3) is 3.04. The lowest BCUT2D eigenvalue weighted by molar-refractivity contribution is 0.0697. The van der Waals surface area contributed by atoms with Gasteiger partial charge in [-0.2, -0.15) is 0 Å². The topological polar surface area (TPSA) is 49.3 Å². The smallest absolute Gasteiger partial charge is 0.335 e. The number of aromatic carboxylic acids is 1. The van der Waals surface area contributed by atoms with E-state index in [1.165, 1.54) is 54.5 Å². The summed E-state index contributed by atoms with van der Waals surface area (Å²) in [5.41, 5.74) is 5.61. The van der Waals surface area contributed by atoms with E-state index in [0.717, 1.165) is 0 Å². The predicted molar refractivity (Wildman–Crippen MR) is 100 cm³/mol. The van der Waals surface area contributed by atoms with Crippen LogP contribution in [0.5, 0.6) is 0 Å². The van der Waals surface area contributed by atoms with Crippen LogP contribution in [-0.4, -0.2) is 11.1 Å². The Kier molecular flexibility index (Phi) is 4.24. The van der Waals surface area contributed by atoms with Gasteiger partial charge in [0.25, 0.3) is 0 Å². The van der Waals surface area contributed by atoms with Crippen molar-refractivity contribution in [2.75, 3.05) is 5.32 Å². The second-order valence-electron chi connectivity index (χ2n) is 7.55. The van der Waals surface area contributed by atoms with Gasteiger partial charge in [0, 0.05) is 5.69 Å². The normalized spacial score (nSPS) is 25.2. The molecular weight excluding hydrogens is 310 g/mol. The highest BCUT2D eigenvalue weighted by Crippen LogP contribution is 2.50. The van der Waals surface area contributed by atoms with Gasteiger partial charge >= 0.3 is 5.97 Å². The molecule has 1 saturated carbocycles. The van der Waals surface area contributed by atoms with E-state index in [1.807, 2.05) is 12.1 Å². The third-order valence-corrected chi connectivity index (χ3v) is 5.93. The Labute approximate surface area is 149 Å². The van der Waals surface area contributed by atoms with Crippen LogP contribution in [0, 0.1) is 12.8 Å². The first-order valence-corrected chi connectivity index (χ1v) is 9.34. The van der Waals surface area contributed by atoms with E-state index in [-0.39, 0.29) is 6.04 Å². The van der Waals surface area contributed by atoms with Crippen molar-refractivity contribution in [3.63, 3.8) is 0 Å². The van der Waals surface area contributed by atoms with Crippen molar-refractivity contribution < 1.29 is 9.90 Å². The van der Waals surface area contributed by atoms with E-state index < -0.39 is 5.97 Å². The van der Waals surface area contributed by atoms with Gasteiger partial charge < -0.3 is 10.4 Å². The standard InChI is InChI=1S/C22H25NO2/c1-14-7-12-20-19(13-14)17-5-3-2-4-6-18(17)21(23-20)15-8-10-16(11-9-15)22(24)25/h7-13,17-18,21,23H,2-6H2,1H3,(H,24,25)/t17-,18+,21-/m1/s1. The average molecular weight is 335 g/mol. The summed E-state index contributed by atoms with van der Waals surface area (Å²) in [6.07, 6.45) is 6.40. The van der Waals surface area contributed by atoms with Crippen LogP contribution in [0.4, 0.5) is 5.69 Å². The predicted octanol–water partition coefficient (Wildman–Crippen LogP) is 5.52. The molecule has 0 aromatic heterocycles. The monoisotopic (exact) mass is 335 g/mol. The molecule has 0 amide bonds. The Bertz CT molecular complexity index is 781. The van der Waals surface area contributed by atoms with Gasteiger partial charge in [0.05, 0.1) is 11.6 Å². The summed E-state index contributed by atoms with van der Waals surface area (Å²) in [6.45, 7) is 2.17. The Morgan fingerprint density at radius 1 is 1.04 bits per heavy atom. The molecule has 0 unspecified atom stereocenters. The molecule has 3 nitrogen and oxygen atoms in total. The highest BCUT2D eigenvalue weighted by Gasteiger charge is 2.37.